The van der Waals surface area contributed by atoms with Crippen molar-refractivity contribution < 1.29 is 14.1 Å². The molecule has 1 aromatic heterocycles. The zero-order valence-corrected chi connectivity index (χ0v) is 15.0. The Morgan fingerprint density at radius 3 is 2.67 bits per heavy atom. The van der Waals surface area contributed by atoms with Crippen LogP contribution in [0.3, 0.4) is 0 Å². The highest BCUT2D eigenvalue weighted by atomic mass is 19.1. The molecule has 1 aliphatic rings. The number of nitro groups is 1. The fourth-order valence-electron chi connectivity index (χ4n) is 3.17. The molecule has 1 aromatic carbocycles. The minimum atomic E-state index is -0.553. The minimum Gasteiger partial charge on any atom is -0.358 e. The van der Waals surface area contributed by atoms with E-state index in [-0.39, 0.29) is 24.0 Å². The van der Waals surface area contributed by atoms with Crippen molar-refractivity contribution in [3.63, 3.8) is 0 Å². The Balaban J connectivity index is 1.47. The quantitative estimate of drug-likeness (QED) is 0.570. The van der Waals surface area contributed by atoms with Crippen molar-refractivity contribution in [1.29, 1.82) is 0 Å². The maximum atomic E-state index is 13.0. The average molecular weight is 375 g/mol. The standard InChI is InChI=1S/C18H22FN5O3/c19-16-4-2-15(3-5-16)12-21-7-1-8-23(11-10-21)18(25)6-9-22-13-17(20-14-22)24(26)27/h2-5,13-14H,1,6-12H2. The second kappa shape index (κ2) is 8.72. The molecule has 144 valence electrons. The van der Waals surface area contributed by atoms with Gasteiger partial charge in [0.25, 0.3) is 0 Å². The molecule has 0 atom stereocenters. The Kier molecular flexibility index (Phi) is 6.12. The molecule has 1 fully saturated rings. The predicted molar refractivity (Wildman–Crippen MR) is 96.4 cm³/mol. The lowest BCUT2D eigenvalue weighted by Crippen LogP contribution is -2.35. The van der Waals surface area contributed by atoms with Crippen LogP contribution in [0.4, 0.5) is 10.2 Å². The normalized spacial score (nSPS) is 15.5. The van der Waals surface area contributed by atoms with Crippen molar-refractivity contribution in [3.8, 4) is 0 Å². The highest BCUT2D eigenvalue weighted by Crippen LogP contribution is 2.12. The van der Waals surface area contributed by atoms with Crippen LogP contribution >= 0.6 is 0 Å². The van der Waals surface area contributed by atoms with E-state index in [1.807, 2.05) is 4.90 Å². The van der Waals surface area contributed by atoms with Gasteiger partial charge in [-0.1, -0.05) is 12.1 Å². The topological polar surface area (TPSA) is 84.5 Å². The SMILES string of the molecule is O=C(CCn1cnc([N+](=O)[O-])c1)N1CCCN(Cc2ccc(F)cc2)CC1. The zero-order chi connectivity index (χ0) is 19.2. The minimum absolute atomic E-state index is 0.0370. The molecule has 0 saturated carbocycles. The molecule has 0 radical (unpaired) electrons. The van der Waals surface area contributed by atoms with Gasteiger partial charge >= 0.3 is 5.82 Å². The Labute approximate surface area is 156 Å². The molecule has 1 aliphatic heterocycles. The summed E-state index contributed by atoms with van der Waals surface area (Å²) >= 11 is 0. The van der Waals surface area contributed by atoms with E-state index in [0.717, 1.165) is 31.6 Å². The first-order valence-electron chi connectivity index (χ1n) is 8.92. The van der Waals surface area contributed by atoms with Crippen LogP contribution in [0, 0.1) is 15.9 Å². The number of imidazole rings is 1. The molecule has 27 heavy (non-hydrogen) atoms. The Morgan fingerprint density at radius 1 is 1.19 bits per heavy atom. The number of nitrogens with zero attached hydrogens (tertiary/aromatic N) is 5. The van der Waals surface area contributed by atoms with Crippen LogP contribution in [0.15, 0.2) is 36.8 Å². The van der Waals surface area contributed by atoms with Crippen molar-refractivity contribution in [2.45, 2.75) is 25.9 Å². The average Bonchev–Trinajstić information content (AvgIpc) is 3.01. The van der Waals surface area contributed by atoms with E-state index >= 15 is 0 Å². The third-order valence-electron chi connectivity index (χ3n) is 4.65. The van der Waals surface area contributed by atoms with Crippen LogP contribution in [-0.2, 0) is 17.9 Å². The van der Waals surface area contributed by atoms with Crippen molar-refractivity contribution in [3.05, 3.63) is 58.3 Å². The van der Waals surface area contributed by atoms with E-state index in [0.29, 0.717) is 19.6 Å². The summed E-state index contributed by atoms with van der Waals surface area (Å²) in [6.45, 7) is 4.10. The molecule has 0 bridgehead atoms. The molecule has 0 N–H and O–H groups in total. The van der Waals surface area contributed by atoms with Gasteiger partial charge in [0.1, 0.15) is 12.0 Å². The Hall–Kier alpha value is -2.81. The molecule has 0 aliphatic carbocycles. The van der Waals surface area contributed by atoms with E-state index in [1.54, 1.807) is 16.7 Å². The van der Waals surface area contributed by atoms with E-state index in [2.05, 4.69) is 9.88 Å². The number of hydrogen-bond acceptors (Lipinski definition) is 5. The maximum Gasteiger partial charge on any atom is 0.381 e. The van der Waals surface area contributed by atoms with E-state index in [1.165, 1.54) is 24.7 Å². The lowest BCUT2D eigenvalue weighted by Gasteiger charge is -2.22. The van der Waals surface area contributed by atoms with Gasteiger partial charge in [-0.25, -0.2) is 4.39 Å². The fraction of sp³-hybridized carbons (Fsp3) is 0.444. The predicted octanol–water partition coefficient (Wildman–Crippen LogP) is 2.05. The smallest absolute Gasteiger partial charge is 0.358 e. The van der Waals surface area contributed by atoms with Crippen LogP contribution < -0.4 is 0 Å². The summed E-state index contributed by atoms with van der Waals surface area (Å²) in [7, 11) is 0. The lowest BCUT2D eigenvalue weighted by molar-refractivity contribution is -0.389. The summed E-state index contributed by atoms with van der Waals surface area (Å²) in [4.78, 5) is 30.4. The van der Waals surface area contributed by atoms with E-state index in [4.69, 9.17) is 0 Å². The van der Waals surface area contributed by atoms with Crippen LogP contribution in [0.1, 0.15) is 18.4 Å². The summed E-state index contributed by atoms with van der Waals surface area (Å²) in [6.07, 6.45) is 3.87. The summed E-state index contributed by atoms with van der Waals surface area (Å²) in [5.74, 6) is -0.418. The highest BCUT2D eigenvalue weighted by Gasteiger charge is 2.19. The first kappa shape index (κ1) is 19.0. The molecule has 1 amide bonds. The molecule has 0 unspecified atom stereocenters. The summed E-state index contributed by atoms with van der Waals surface area (Å²) in [5, 5.41) is 10.6. The molecule has 3 rings (SSSR count). The van der Waals surface area contributed by atoms with Gasteiger partial charge in [0.15, 0.2) is 0 Å². The molecular formula is C18H22FN5O3. The van der Waals surface area contributed by atoms with Crippen molar-refractivity contribution >= 4 is 11.7 Å². The third-order valence-corrected chi connectivity index (χ3v) is 4.65. The van der Waals surface area contributed by atoms with Gasteiger partial charge < -0.3 is 19.6 Å². The second-order valence-corrected chi connectivity index (χ2v) is 6.61. The van der Waals surface area contributed by atoms with Crippen molar-refractivity contribution in [2.75, 3.05) is 26.2 Å². The van der Waals surface area contributed by atoms with Crippen LogP contribution in [0.2, 0.25) is 0 Å². The van der Waals surface area contributed by atoms with Crippen LogP contribution in [0.25, 0.3) is 0 Å². The molecule has 0 spiro atoms. The molecule has 1 saturated heterocycles. The number of hydrogen-bond donors (Lipinski definition) is 0. The molecule has 2 aromatic rings. The molecule has 2 heterocycles. The maximum absolute atomic E-state index is 13.0. The largest absolute Gasteiger partial charge is 0.381 e. The number of rotatable bonds is 6. The fourth-order valence-corrected chi connectivity index (χ4v) is 3.17. The van der Waals surface area contributed by atoms with Gasteiger partial charge in [-0.15, -0.1) is 0 Å². The van der Waals surface area contributed by atoms with Gasteiger partial charge in [-0.2, -0.15) is 0 Å². The van der Waals surface area contributed by atoms with Gasteiger partial charge in [0.2, 0.25) is 12.2 Å². The van der Waals surface area contributed by atoms with Gasteiger partial charge in [0, 0.05) is 45.7 Å². The Morgan fingerprint density at radius 2 is 1.96 bits per heavy atom. The summed E-state index contributed by atoms with van der Waals surface area (Å²) in [5.41, 5.74) is 1.05. The Bertz CT molecular complexity index is 793. The monoisotopic (exact) mass is 375 g/mol. The lowest BCUT2D eigenvalue weighted by atomic mass is 10.2. The molecule has 9 heteroatoms. The van der Waals surface area contributed by atoms with Crippen LogP contribution in [-0.4, -0.2) is 56.4 Å². The first-order valence-corrected chi connectivity index (χ1v) is 8.92. The number of aryl methyl sites for hydroxylation is 1. The number of carbonyl (C=O) groups excluding carboxylic acids is 1. The van der Waals surface area contributed by atoms with E-state index < -0.39 is 4.92 Å². The van der Waals surface area contributed by atoms with E-state index in [9.17, 15) is 19.3 Å². The number of halogens is 1. The highest BCUT2D eigenvalue weighted by molar-refractivity contribution is 5.76. The molecular weight excluding hydrogens is 353 g/mol. The molecule has 8 nitrogen and oxygen atoms in total. The second-order valence-electron chi connectivity index (χ2n) is 6.61. The van der Waals surface area contributed by atoms with Gasteiger partial charge in [-0.05, 0) is 34.0 Å². The number of benzene rings is 1. The van der Waals surface area contributed by atoms with Crippen LogP contribution in [0.5, 0.6) is 0 Å². The van der Waals surface area contributed by atoms with Crippen molar-refractivity contribution in [2.24, 2.45) is 0 Å². The summed E-state index contributed by atoms with van der Waals surface area (Å²) < 4.78 is 14.6. The number of amides is 1. The van der Waals surface area contributed by atoms with Gasteiger partial charge in [-0.3, -0.25) is 9.69 Å². The number of aromatic nitrogens is 2. The first-order chi connectivity index (χ1) is 13.0. The van der Waals surface area contributed by atoms with Crippen molar-refractivity contribution in [1.82, 2.24) is 19.4 Å². The number of carbonyl (C=O) groups is 1. The zero-order valence-electron chi connectivity index (χ0n) is 15.0. The summed E-state index contributed by atoms with van der Waals surface area (Å²) in [6, 6.07) is 6.49. The third kappa shape index (κ3) is 5.33. The van der Waals surface area contributed by atoms with Gasteiger partial charge in [0.05, 0.1) is 0 Å².